The number of rotatable bonds is 1. The van der Waals surface area contributed by atoms with Crippen LogP contribution in [0.15, 0.2) is 40.9 Å². The van der Waals surface area contributed by atoms with Gasteiger partial charge in [-0.2, -0.15) is 0 Å². The van der Waals surface area contributed by atoms with Gasteiger partial charge in [0.25, 0.3) is 5.91 Å². The van der Waals surface area contributed by atoms with Gasteiger partial charge in [0, 0.05) is 23.1 Å². The molecule has 0 radical (unpaired) electrons. The zero-order chi connectivity index (χ0) is 14.3. The number of likely N-dealkylation sites (tertiary alicyclic amines) is 1. The molecular formula is C15H14BrNO3. The lowest BCUT2D eigenvalue weighted by molar-refractivity contribution is 0.0572. The summed E-state index contributed by atoms with van der Waals surface area (Å²) < 4.78 is 0.995. The van der Waals surface area contributed by atoms with Crippen LogP contribution >= 0.6 is 15.9 Å². The largest absolute Gasteiger partial charge is 0.388 e. The predicted octanol–water partition coefficient (Wildman–Crippen LogP) is 1.78. The number of carbonyl (C=O) groups is 1. The Labute approximate surface area is 124 Å². The number of fused-ring (bicyclic) bond motifs is 1. The number of aliphatic hydroxyl groups excluding tert-OH is 2. The third-order valence-corrected chi connectivity index (χ3v) is 4.09. The third kappa shape index (κ3) is 2.44. The van der Waals surface area contributed by atoms with Gasteiger partial charge in [0.05, 0.1) is 12.2 Å². The van der Waals surface area contributed by atoms with Gasteiger partial charge < -0.3 is 15.1 Å². The minimum Gasteiger partial charge on any atom is -0.388 e. The number of benzene rings is 2. The molecule has 1 aliphatic rings. The SMILES string of the molecule is O=C(c1ccc2cc(Br)ccc2c1)N1C[C@@H](O)[C@@H](O)C1. The van der Waals surface area contributed by atoms with E-state index in [1.807, 2.05) is 30.3 Å². The van der Waals surface area contributed by atoms with Crippen LogP contribution in [0.1, 0.15) is 10.4 Å². The lowest BCUT2D eigenvalue weighted by Gasteiger charge is -2.15. The van der Waals surface area contributed by atoms with E-state index in [4.69, 9.17) is 0 Å². The van der Waals surface area contributed by atoms with Gasteiger partial charge >= 0.3 is 0 Å². The molecule has 5 heteroatoms. The van der Waals surface area contributed by atoms with Gasteiger partial charge in [0.1, 0.15) is 0 Å². The molecule has 1 heterocycles. The van der Waals surface area contributed by atoms with Gasteiger partial charge in [0.15, 0.2) is 0 Å². The molecule has 20 heavy (non-hydrogen) atoms. The van der Waals surface area contributed by atoms with Crippen LogP contribution in [-0.2, 0) is 0 Å². The van der Waals surface area contributed by atoms with Crippen LogP contribution in [0.4, 0.5) is 0 Å². The average molecular weight is 336 g/mol. The standard InChI is InChI=1S/C15H14BrNO3/c16-12-4-3-9-5-11(2-1-10(9)6-12)15(20)17-7-13(18)14(19)8-17/h1-6,13-14,18-19H,7-8H2/t13-,14+. The molecular weight excluding hydrogens is 322 g/mol. The molecule has 2 atom stereocenters. The van der Waals surface area contributed by atoms with Crippen LogP contribution < -0.4 is 0 Å². The molecule has 0 spiro atoms. The van der Waals surface area contributed by atoms with Crippen molar-refractivity contribution in [3.05, 3.63) is 46.4 Å². The molecule has 0 saturated carbocycles. The third-order valence-electron chi connectivity index (χ3n) is 3.60. The molecule has 4 nitrogen and oxygen atoms in total. The van der Waals surface area contributed by atoms with Crippen molar-refractivity contribution in [1.82, 2.24) is 4.90 Å². The van der Waals surface area contributed by atoms with E-state index in [1.54, 1.807) is 6.07 Å². The summed E-state index contributed by atoms with van der Waals surface area (Å²) in [7, 11) is 0. The van der Waals surface area contributed by atoms with E-state index in [1.165, 1.54) is 4.90 Å². The van der Waals surface area contributed by atoms with Gasteiger partial charge in [-0.15, -0.1) is 0 Å². The smallest absolute Gasteiger partial charge is 0.254 e. The number of halogens is 1. The number of β-amino-alcohol motifs (C(OH)–C–C–N with tert-alkyl or cyclic N) is 2. The molecule has 104 valence electrons. The summed E-state index contributed by atoms with van der Waals surface area (Å²) in [6.45, 7) is 0.358. The molecule has 1 fully saturated rings. The van der Waals surface area contributed by atoms with Crippen molar-refractivity contribution in [2.75, 3.05) is 13.1 Å². The van der Waals surface area contributed by atoms with Crippen molar-refractivity contribution in [2.24, 2.45) is 0 Å². The molecule has 0 aliphatic carbocycles. The van der Waals surface area contributed by atoms with Crippen molar-refractivity contribution in [3.63, 3.8) is 0 Å². The zero-order valence-corrected chi connectivity index (χ0v) is 12.2. The van der Waals surface area contributed by atoms with Crippen molar-refractivity contribution in [1.29, 1.82) is 0 Å². The Morgan fingerprint density at radius 2 is 1.65 bits per heavy atom. The maximum atomic E-state index is 12.3. The van der Waals surface area contributed by atoms with Crippen LogP contribution in [0.2, 0.25) is 0 Å². The Balaban J connectivity index is 1.90. The molecule has 1 aliphatic heterocycles. The van der Waals surface area contributed by atoms with Gasteiger partial charge in [-0.1, -0.05) is 28.1 Å². The molecule has 0 unspecified atom stereocenters. The Bertz CT molecular complexity index is 663. The first-order chi connectivity index (χ1) is 9.54. The summed E-state index contributed by atoms with van der Waals surface area (Å²) in [6, 6.07) is 11.4. The fourth-order valence-electron chi connectivity index (χ4n) is 2.47. The normalized spacial score (nSPS) is 22.4. The summed E-state index contributed by atoms with van der Waals surface area (Å²) in [6.07, 6.45) is -1.70. The first-order valence-electron chi connectivity index (χ1n) is 6.39. The number of nitrogens with zero attached hydrogens (tertiary/aromatic N) is 1. The number of aliphatic hydroxyl groups is 2. The average Bonchev–Trinajstić information content (AvgIpc) is 2.77. The van der Waals surface area contributed by atoms with E-state index in [-0.39, 0.29) is 19.0 Å². The second-order valence-corrected chi connectivity index (χ2v) is 5.97. The molecule has 2 aromatic carbocycles. The maximum absolute atomic E-state index is 12.3. The molecule has 2 aromatic rings. The van der Waals surface area contributed by atoms with Crippen LogP contribution in [0.3, 0.4) is 0 Å². The summed E-state index contributed by atoms with van der Waals surface area (Å²) >= 11 is 3.42. The Morgan fingerprint density at radius 3 is 2.35 bits per heavy atom. The van der Waals surface area contributed by atoms with Crippen molar-refractivity contribution in [3.8, 4) is 0 Å². The highest BCUT2D eigenvalue weighted by atomic mass is 79.9. The highest BCUT2D eigenvalue weighted by molar-refractivity contribution is 9.10. The highest BCUT2D eigenvalue weighted by Gasteiger charge is 2.32. The fourth-order valence-corrected chi connectivity index (χ4v) is 2.85. The number of hydrogen-bond donors (Lipinski definition) is 2. The van der Waals surface area contributed by atoms with Crippen LogP contribution in [0, 0.1) is 0 Å². The van der Waals surface area contributed by atoms with Crippen LogP contribution in [-0.4, -0.2) is 46.3 Å². The van der Waals surface area contributed by atoms with E-state index in [0.717, 1.165) is 15.2 Å². The van der Waals surface area contributed by atoms with E-state index >= 15 is 0 Å². The minimum atomic E-state index is -0.852. The van der Waals surface area contributed by atoms with E-state index in [2.05, 4.69) is 15.9 Å². The van der Waals surface area contributed by atoms with E-state index in [9.17, 15) is 15.0 Å². The molecule has 1 saturated heterocycles. The Hall–Kier alpha value is -1.43. The van der Waals surface area contributed by atoms with Crippen molar-refractivity contribution < 1.29 is 15.0 Å². The summed E-state index contributed by atoms with van der Waals surface area (Å²) in [5.74, 6) is -0.162. The lowest BCUT2D eigenvalue weighted by atomic mass is 10.1. The number of hydrogen-bond acceptors (Lipinski definition) is 3. The van der Waals surface area contributed by atoms with Crippen LogP contribution in [0.25, 0.3) is 10.8 Å². The maximum Gasteiger partial charge on any atom is 0.254 e. The molecule has 2 N–H and O–H groups in total. The summed E-state index contributed by atoms with van der Waals surface area (Å²) in [5, 5.41) is 21.1. The monoisotopic (exact) mass is 335 g/mol. The number of carbonyl (C=O) groups excluding carboxylic acids is 1. The summed E-state index contributed by atoms with van der Waals surface area (Å²) in [5.41, 5.74) is 0.570. The first kappa shape index (κ1) is 13.5. The van der Waals surface area contributed by atoms with Gasteiger partial charge in [0.2, 0.25) is 0 Å². The lowest BCUT2D eigenvalue weighted by Crippen LogP contribution is -2.29. The molecule has 0 bridgehead atoms. The van der Waals surface area contributed by atoms with Crippen LogP contribution in [0.5, 0.6) is 0 Å². The van der Waals surface area contributed by atoms with E-state index < -0.39 is 12.2 Å². The Kier molecular flexibility index (Phi) is 3.50. The van der Waals surface area contributed by atoms with E-state index in [0.29, 0.717) is 5.56 Å². The molecule has 1 amide bonds. The molecule has 0 aromatic heterocycles. The Morgan fingerprint density at radius 1 is 1.05 bits per heavy atom. The first-order valence-corrected chi connectivity index (χ1v) is 7.18. The van der Waals surface area contributed by atoms with Gasteiger partial charge in [-0.25, -0.2) is 0 Å². The second-order valence-electron chi connectivity index (χ2n) is 5.05. The van der Waals surface area contributed by atoms with Gasteiger partial charge in [-0.3, -0.25) is 4.79 Å². The summed E-state index contributed by atoms with van der Waals surface area (Å²) in [4.78, 5) is 13.8. The topological polar surface area (TPSA) is 60.8 Å². The zero-order valence-electron chi connectivity index (χ0n) is 10.7. The fraction of sp³-hybridized carbons (Fsp3) is 0.267. The minimum absolute atomic E-state index is 0.162. The second kappa shape index (κ2) is 5.16. The highest BCUT2D eigenvalue weighted by Crippen LogP contribution is 2.22. The van der Waals surface area contributed by atoms with Crippen molar-refractivity contribution in [2.45, 2.75) is 12.2 Å². The quantitative estimate of drug-likeness (QED) is 0.835. The van der Waals surface area contributed by atoms with Crippen molar-refractivity contribution >= 4 is 32.6 Å². The number of amides is 1. The molecule has 3 rings (SSSR count). The predicted molar refractivity (Wildman–Crippen MR) is 79.6 cm³/mol. The van der Waals surface area contributed by atoms with Gasteiger partial charge in [-0.05, 0) is 35.0 Å².